The van der Waals surface area contributed by atoms with Crippen LogP contribution in [0, 0.1) is 6.92 Å². The Morgan fingerprint density at radius 3 is 2.28 bits per heavy atom. The molecule has 0 aliphatic carbocycles. The zero-order valence-electron chi connectivity index (χ0n) is 21.3. The minimum absolute atomic E-state index is 0.0701. The maximum absolute atomic E-state index is 13.4. The molecule has 0 aliphatic heterocycles. The third kappa shape index (κ3) is 8.68. The normalized spacial score (nSPS) is 12.2. The van der Waals surface area contributed by atoms with Crippen LogP contribution in [0.15, 0.2) is 42.5 Å². The molecule has 0 bridgehead atoms. The minimum atomic E-state index is -3.54. The molecule has 0 unspecified atom stereocenters. The number of hydrogen-bond acceptors (Lipinski definition) is 4. The number of anilines is 1. The average Bonchev–Trinajstić information content (AvgIpc) is 2.81. The predicted molar refractivity (Wildman–Crippen MR) is 147 cm³/mol. The van der Waals surface area contributed by atoms with Crippen molar-refractivity contribution in [3.63, 3.8) is 0 Å². The second-order valence-electron chi connectivity index (χ2n) is 8.75. The smallest absolute Gasteiger partial charge is 0.242 e. The van der Waals surface area contributed by atoms with Crippen LogP contribution < -0.4 is 9.62 Å². The molecular weight excluding hydrogens is 521 g/mol. The Bertz CT molecular complexity index is 1140. The molecule has 36 heavy (non-hydrogen) atoms. The van der Waals surface area contributed by atoms with E-state index in [4.69, 9.17) is 23.2 Å². The molecule has 2 amide bonds. The van der Waals surface area contributed by atoms with E-state index in [-0.39, 0.29) is 37.7 Å². The quantitative estimate of drug-likeness (QED) is 0.368. The highest BCUT2D eigenvalue weighted by Gasteiger charge is 2.29. The molecule has 2 aromatic carbocycles. The minimum Gasteiger partial charge on any atom is -0.354 e. The first-order valence-corrected chi connectivity index (χ1v) is 14.6. The van der Waals surface area contributed by atoms with Gasteiger partial charge in [0.15, 0.2) is 0 Å². The number of carbonyl (C=O) groups excluding carboxylic acids is 2. The van der Waals surface area contributed by atoms with Gasteiger partial charge in [-0.25, -0.2) is 8.42 Å². The van der Waals surface area contributed by atoms with E-state index in [9.17, 15) is 18.0 Å². The van der Waals surface area contributed by atoms with Crippen LogP contribution in [0.3, 0.4) is 0 Å². The Kier molecular flexibility index (Phi) is 11.5. The molecule has 0 radical (unpaired) electrons. The Morgan fingerprint density at radius 1 is 1.06 bits per heavy atom. The third-order valence-electron chi connectivity index (χ3n) is 5.77. The highest BCUT2D eigenvalue weighted by atomic mass is 35.5. The molecule has 0 fully saturated rings. The van der Waals surface area contributed by atoms with Crippen LogP contribution in [0.1, 0.15) is 50.7 Å². The average molecular weight is 557 g/mol. The van der Waals surface area contributed by atoms with Gasteiger partial charge < -0.3 is 10.2 Å². The first kappa shape index (κ1) is 29.9. The number of hydrogen-bond donors (Lipinski definition) is 1. The van der Waals surface area contributed by atoms with Crippen molar-refractivity contribution in [3.8, 4) is 0 Å². The number of benzene rings is 2. The number of rotatable bonds is 13. The molecule has 0 saturated heterocycles. The van der Waals surface area contributed by atoms with Crippen LogP contribution in [-0.2, 0) is 26.2 Å². The fraction of sp³-hybridized carbons (Fsp3) is 0.462. The third-order valence-corrected chi connectivity index (χ3v) is 7.55. The van der Waals surface area contributed by atoms with Crippen LogP contribution in [0.4, 0.5) is 5.69 Å². The lowest BCUT2D eigenvalue weighted by Gasteiger charge is -2.31. The van der Waals surface area contributed by atoms with E-state index in [0.717, 1.165) is 18.2 Å². The summed E-state index contributed by atoms with van der Waals surface area (Å²) in [5.41, 5.74) is 2.24. The van der Waals surface area contributed by atoms with Crippen LogP contribution in [0.2, 0.25) is 10.0 Å². The van der Waals surface area contributed by atoms with Gasteiger partial charge in [0.05, 0.1) is 11.9 Å². The van der Waals surface area contributed by atoms with Crippen molar-refractivity contribution in [2.24, 2.45) is 0 Å². The van der Waals surface area contributed by atoms with Gasteiger partial charge in [-0.15, -0.1) is 0 Å². The van der Waals surface area contributed by atoms with Gasteiger partial charge in [0.2, 0.25) is 21.8 Å². The first-order valence-electron chi connectivity index (χ1n) is 12.0. The Labute approximate surface area is 224 Å². The molecule has 0 saturated carbocycles. The van der Waals surface area contributed by atoms with Gasteiger partial charge in [-0.05, 0) is 56.0 Å². The van der Waals surface area contributed by atoms with Gasteiger partial charge in [-0.2, -0.15) is 0 Å². The van der Waals surface area contributed by atoms with Crippen molar-refractivity contribution in [1.29, 1.82) is 0 Å². The largest absolute Gasteiger partial charge is 0.354 e. The van der Waals surface area contributed by atoms with Gasteiger partial charge in [-0.3, -0.25) is 13.9 Å². The standard InChI is InChI=1S/C26H35Cl2N3O4S/c1-5-15-29-26(33)24(6-2)30(18-20-11-12-21(27)17-23(20)28)25(32)8-7-16-31(36(4,34)35)22-13-9-19(3)10-14-22/h9-14,17,24H,5-8,15-16,18H2,1-4H3,(H,29,33)/t24-/m0/s1. The maximum Gasteiger partial charge on any atom is 0.242 e. The Balaban J connectivity index is 2.23. The van der Waals surface area contributed by atoms with E-state index in [0.29, 0.717) is 34.3 Å². The second-order valence-corrected chi connectivity index (χ2v) is 11.5. The fourth-order valence-corrected chi connectivity index (χ4v) is 5.27. The van der Waals surface area contributed by atoms with E-state index >= 15 is 0 Å². The van der Waals surface area contributed by atoms with Gasteiger partial charge in [0, 0.05) is 36.1 Å². The van der Waals surface area contributed by atoms with Gasteiger partial charge >= 0.3 is 0 Å². The SMILES string of the molecule is CCCNC(=O)[C@H](CC)N(Cc1ccc(Cl)cc1Cl)C(=O)CCCN(c1ccc(C)cc1)S(C)(=O)=O. The number of carbonyl (C=O) groups is 2. The summed E-state index contributed by atoms with van der Waals surface area (Å²) in [6, 6.07) is 11.5. The Morgan fingerprint density at radius 2 is 1.72 bits per heavy atom. The van der Waals surface area contributed by atoms with Crippen molar-refractivity contribution in [2.45, 2.75) is 59.0 Å². The summed E-state index contributed by atoms with van der Waals surface area (Å²) in [5, 5.41) is 3.76. The molecule has 2 aromatic rings. The summed E-state index contributed by atoms with van der Waals surface area (Å²) in [4.78, 5) is 27.8. The molecule has 7 nitrogen and oxygen atoms in total. The van der Waals surface area contributed by atoms with Crippen LogP contribution in [0.5, 0.6) is 0 Å². The highest BCUT2D eigenvalue weighted by molar-refractivity contribution is 7.92. The molecule has 0 aromatic heterocycles. The number of sulfonamides is 1. The molecular formula is C26H35Cl2N3O4S. The zero-order chi connectivity index (χ0) is 26.9. The summed E-state index contributed by atoms with van der Waals surface area (Å²) >= 11 is 12.4. The van der Waals surface area contributed by atoms with Gasteiger partial charge in [0.25, 0.3) is 0 Å². The molecule has 0 heterocycles. The number of nitrogens with zero attached hydrogens (tertiary/aromatic N) is 2. The summed E-state index contributed by atoms with van der Waals surface area (Å²) in [6.07, 6.45) is 2.71. The van der Waals surface area contributed by atoms with Crippen molar-refractivity contribution in [2.75, 3.05) is 23.7 Å². The number of amides is 2. The summed E-state index contributed by atoms with van der Waals surface area (Å²) in [6.45, 7) is 6.53. The van der Waals surface area contributed by atoms with E-state index in [1.54, 1.807) is 30.3 Å². The predicted octanol–water partition coefficient (Wildman–Crippen LogP) is 5.18. The zero-order valence-corrected chi connectivity index (χ0v) is 23.6. The lowest BCUT2D eigenvalue weighted by molar-refractivity contribution is -0.141. The molecule has 1 N–H and O–H groups in total. The molecule has 198 valence electrons. The lowest BCUT2D eigenvalue weighted by Crippen LogP contribution is -2.49. The molecule has 2 rings (SSSR count). The topological polar surface area (TPSA) is 86.8 Å². The summed E-state index contributed by atoms with van der Waals surface area (Å²) in [5.74, 6) is -0.480. The van der Waals surface area contributed by atoms with Crippen LogP contribution >= 0.6 is 23.2 Å². The van der Waals surface area contributed by atoms with E-state index < -0.39 is 16.1 Å². The Hall–Kier alpha value is -2.29. The second kappa shape index (κ2) is 13.9. The monoisotopic (exact) mass is 555 g/mol. The fourth-order valence-electron chi connectivity index (χ4n) is 3.83. The highest BCUT2D eigenvalue weighted by Crippen LogP contribution is 2.25. The number of aryl methyl sites for hydroxylation is 1. The lowest BCUT2D eigenvalue weighted by atomic mass is 10.1. The van der Waals surface area contributed by atoms with Crippen molar-refractivity contribution in [1.82, 2.24) is 10.2 Å². The molecule has 0 spiro atoms. The summed E-state index contributed by atoms with van der Waals surface area (Å²) in [7, 11) is -3.54. The van der Waals surface area contributed by atoms with Crippen molar-refractivity contribution in [3.05, 3.63) is 63.6 Å². The van der Waals surface area contributed by atoms with E-state index in [1.165, 1.54) is 9.21 Å². The first-order chi connectivity index (χ1) is 17.0. The van der Waals surface area contributed by atoms with Crippen LogP contribution in [0.25, 0.3) is 0 Å². The van der Waals surface area contributed by atoms with Crippen molar-refractivity contribution >= 4 is 50.7 Å². The van der Waals surface area contributed by atoms with Crippen LogP contribution in [-0.4, -0.2) is 50.5 Å². The van der Waals surface area contributed by atoms with Gasteiger partial charge in [-0.1, -0.05) is 60.8 Å². The molecule has 10 heteroatoms. The summed E-state index contributed by atoms with van der Waals surface area (Å²) < 4.78 is 26.2. The van der Waals surface area contributed by atoms with E-state index in [1.807, 2.05) is 32.9 Å². The molecule has 1 atom stereocenters. The maximum atomic E-state index is 13.4. The number of halogens is 2. The number of nitrogens with one attached hydrogen (secondary N) is 1. The molecule has 0 aliphatic rings. The van der Waals surface area contributed by atoms with E-state index in [2.05, 4.69) is 5.32 Å². The van der Waals surface area contributed by atoms with Gasteiger partial charge in [0.1, 0.15) is 6.04 Å². The van der Waals surface area contributed by atoms with Crippen molar-refractivity contribution < 1.29 is 18.0 Å².